The molecule has 0 saturated carbocycles. The summed E-state index contributed by atoms with van der Waals surface area (Å²) in [6.45, 7) is 2.21. The van der Waals surface area contributed by atoms with Crippen molar-refractivity contribution in [2.75, 3.05) is 11.9 Å². The van der Waals surface area contributed by atoms with Gasteiger partial charge in [-0.2, -0.15) is 26.3 Å². The van der Waals surface area contributed by atoms with Gasteiger partial charge in [0.15, 0.2) is 0 Å². The van der Waals surface area contributed by atoms with Crippen LogP contribution in [0.25, 0.3) is 0 Å². The molecular weight excluding hydrogens is 360 g/mol. The predicted octanol–water partition coefficient (Wildman–Crippen LogP) is 3.57. The van der Waals surface area contributed by atoms with E-state index in [1.807, 2.05) is 0 Å². The summed E-state index contributed by atoms with van der Waals surface area (Å²) in [6.07, 6.45) is -10.1. The Morgan fingerprint density at radius 2 is 1.84 bits per heavy atom. The van der Waals surface area contributed by atoms with Gasteiger partial charge in [-0.25, -0.2) is 9.59 Å². The highest BCUT2D eigenvalue weighted by Gasteiger charge is 2.46. The lowest BCUT2D eigenvalue weighted by atomic mass is 9.87. The van der Waals surface area contributed by atoms with Crippen LogP contribution in [0, 0.1) is 0 Å². The first kappa shape index (κ1) is 18.9. The van der Waals surface area contributed by atoms with Gasteiger partial charge in [0.25, 0.3) is 0 Å². The largest absolute Gasteiger partial charge is 0.463 e. The zero-order valence-electron chi connectivity index (χ0n) is 12.8. The third-order valence-corrected chi connectivity index (χ3v) is 3.44. The van der Waals surface area contributed by atoms with Crippen LogP contribution >= 0.6 is 0 Å². The molecule has 2 rings (SSSR count). The zero-order valence-corrected chi connectivity index (χ0v) is 12.8. The molecular formula is C14H11F6NO4. The Labute approximate surface area is 136 Å². The van der Waals surface area contributed by atoms with E-state index in [0.717, 1.165) is 6.92 Å². The lowest BCUT2D eigenvalue weighted by molar-refractivity contribution is -0.154. The molecule has 1 aromatic rings. The first-order valence-corrected chi connectivity index (χ1v) is 6.88. The maximum Gasteiger partial charge on any atom is 0.449 e. The van der Waals surface area contributed by atoms with E-state index in [4.69, 9.17) is 0 Å². The summed E-state index contributed by atoms with van der Waals surface area (Å²) in [4.78, 5) is 23.7. The average molecular weight is 371 g/mol. The second-order valence-electron chi connectivity index (χ2n) is 5.08. The van der Waals surface area contributed by atoms with Crippen molar-refractivity contribution in [1.82, 2.24) is 0 Å². The first-order chi connectivity index (χ1) is 11.4. The quantitative estimate of drug-likeness (QED) is 0.636. The fourth-order valence-corrected chi connectivity index (χ4v) is 2.43. The highest BCUT2D eigenvalue weighted by Crippen LogP contribution is 2.43. The molecule has 0 spiro atoms. The molecule has 1 aromatic heterocycles. The molecule has 0 fully saturated rings. The second-order valence-corrected chi connectivity index (χ2v) is 5.08. The number of anilines is 1. The molecule has 25 heavy (non-hydrogen) atoms. The molecule has 138 valence electrons. The molecule has 2 heterocycles. The van der Waals surface area contributed by atoms with Crippen molar-refractivity contribution in [2.24, 2.45) is 0 Å². The van der Waals surface area contributed by atoms with Crippen LogP contribution in [-0.2, 0) is 15.7 Å². The summed E-state index contributed by atoms with van der Waals surface area (Å²) in [5, 5.41) is 1.70. The molecule has 0 amide bonds. The van der Waals surface area contributed by atoms with Crippen LogP contribution in [0.5, 0.6) is 0 Å². The molecule has 1 N–H and O–H groups in total. The van der Waals surface area contributed by atoms with Crippen molar-refractivity contribution in [3.8, 4) is 0 Å². The van der Waals surface area contributed by atoms with Gasteiger partial charge in [0.2, 0.25) is 5.76 Å². The lowest BCUT2D eigenvalue weighted by Gasteiger charge is -2.28. The smallest absolute Gasteiger partial charge is 0.449 e. The third-order valence-electron chi connectivity index (χ3n) is 3.44. The molecule has 1 aliphatic heterocycles. The van der Waals surface area contributed by atoms with Crippen LogP contribution in [0.1, 0.15) is 31.1 Å². The van der Waals surface area contributed by atoms with Crippen LogP contribution in [0.4, 0.5) is 32.0 Å². The normalized spacial score (nSPS) is 17.8. The maximum atomic E-state index is 13.2. The number of carbonyl (C=O) groups excluding carboxylic acids is 1. The molecule has 11 heteroatoms. The fraction of sp³-hybridized carbons (Fsp3) is 0.429. The van der Waals surface area contributed by atoms with Crippen molar-refractivity contribution >= 4 is 11.7 Å². The summed E-state index contributed by atoms with van der Waals surface area (Å²) in [6, 6.07) is 0.251. The standard InChI is InChI=1S/C14H11F6NO4/c1-3-24-11(22)9-5(2)8-6(21-10(9)14(18,19)20)4-7(13(15,16)17)25-12(8)23/h4-5,21H,3H2,1-2H3. The molecule has 0 aliphatic carbocycles. The summed E-state index contributed by atoms with van der Waals surface area (Å²) in [5.74, 6) is -4.57. The molecule has 1 unspecified atom stereocenters. The van der Waals surface area contributed by atoms with Gasteiger partial charge in [0.05, 0.1) is 23.4 Å². The van der Waals surface area contributed by atoms with Gasteiger partial charge < -0.3 is 14.5 Å². The van der Waals surface area contributed by atoms with Crippen molar-refractivity contribution < 1.29 is 40.3 Å². The number of nitrogens with one attached hydrogen (secondary N) is 1. The Kier molecular flexibility index (Phi) is 4.62. The van der Waals surface area contributed by atoms with Crippen LogP contribution in [0.3, 0.4) is 0 Å². The zero-order chi connectivity index (χ0) is 19.2. The fourth-order valence-electron chi connectivity index (χ4n) is 2.43. The molecule has 0 saturated heterocycles. The highest BCUT2D eigenvalue weighted by atomic mass is 19.4. The van der Waals surface area contributed by atoms with Crippen LogP contribution in [0.2, 0.25) is 0 Å². The molecule has 0 bridgehead atoms. The number of ether oxygens (including phenoxy) is 1. The maximum absolute atomic E-state index is 13.2. The van der Waals surface area contributed by atoms with E-state index in [9.17, 15) is 35.9 Å². The van der Waals surface area contributed by atoms with Crippen LogP contribution in [0.15, 0.2) is 26.5 Å². The molecule has 1 atom stereocenters. The van der Waals surface area contributed by atoms with E-state index in [1.54, 1.807) is 5.32 Å². The number of halogens is 6. The van der Waals surface area contributed by atoms with Gasteiger partial charge in [-0.15, -0.1) is 0 Å². The average Bonchev–Trinajstić information content (AvgIpc) is 2.44. The van der Waals surface area contributed by atoms with E-state index >= 15 is 0 Å². The number of hydrogen-bond donors (Lipinski definition) is 1. The van der Waals surface area contributed by atoms with Gasteiger partial charge in [-0.1, -0.05) is 6.92 Å². The van der Waals surface area contributed by atoms with Crippen molar-refractivity contribution in [2.45, 2.75) is 32.1 Å². The van der Waals surface area contributed by atoms with Gasteiger partial charge >= 0.3 is 23.9 Å². The molecule has 0 aromatic carbocycles. The minimum absolute atomic E-state index is 0.228. The number of alkyl halides is 6. The summed E-state index contributed by atoms with van der Waals surface area (Å²) in [7, 11) is 0. The Hall–Kier alpha value is -2.46. The van der Waals surface area contributed by atoms with Crippen molar-refractivity contribution in [3.63, 3.8) is 0 Å². The third kappa shape index (κ3) is 3.49. The van der Waals surface area contributed by atoms with E-state index in [0.29, 0.717) is 0 Å². The van der Waals surface area contributed by atoms with Crippen LogP contribution < -0.4 is 10.9 Å². The van der Waals surface area contributed by atoms with Crippen molar-refractivity contribution in [1.29, 1.82) is 0 Å². The minimum atomic E-state index is -5.08. The lowest BCUT2D eigenvalue weighted by Crippen LogP contribution is -2.34. The summed E-state index contributed by atoms with van der Waals surface area (Å²) >= 11 is 0. The number of esters is 1. The van der Waals surface area contributed by atoms with E-state index in [2.05, 4.69) is 9.15 Å². The van der Waals surface area contributed by atoms with Crippen molar-refractivity contribution in [3.05, 3.63) is 39.1 Å². The summed E-state index contributed by atoms with van der Waals surface area (Å²) in [5.41, 5.74) is -5.23. The van der Waals surface area contributed by atoms with Gasteiger partial charge in [0, 0.05) is 12.0 Å². The topological polar surface area (TPSA) is 68.5 Å². The highest BCUT2D eigenvalue weighted by molar-refractivity contribution is 5.93. The van der Waals surface area contributed by atoms with Gasteiger partial charge in [-0.3, -0.25) is 0 Å². The number of allylic oxidation sites excluding steroid dienone is 1. The molecule has 1 aliphatic rings. The Morgan fingerprint density at radius 3 is 2.32 bits per heavy atom. The van der Waals surface area contributed by atoms with E-state index < -0.39 is 58.1 Å². The molecule has 0 radical (unpaired) electrons. The molecule has 5 nitrogen and oxygen atoms in total. The Balaban J connectivity index is 2.70. The summed E-state index contributed by atoms with van der Waals surface area (Å²) < 4.78 is 86.5. The monoisotopic (exact) mass is 371 g/mol. The number of hydrogen-bond acceptors (Lipinski definition) is 5. The minimum Gasteiger partial charge on any atom is -0.463 e. The number of carbonyl (C=O) groups is 1. The number of rotatable bonds is 2. The van der Waals surface area contributed by atoms with E-state index in [1.165, 1.54) is 6.92 Å². The number of fused-ring (bicyclic) bond motifs is 1. The van der Waals surface area contributed by atoms with Crippen LogP contribution in [-0.4, -0.2) is 18.8 Å². The van der Waals surface area contributed by atoms with Gasteiger partial charge in [0.1, 0.15) is 5.70 Å². The predicted molar refractivity (Wildman–Crippen MR) is 71.7 cm³/mol. The second kappa shape index (κ2) is 6.12. The van der Waals surface area contributed by atoms with E-state index in [-0.39, 0.29) is 12.7 Å². The Bertz CT molecular complexity index is 790. The Morgan fingerprint density at radius 1 is 1.24 bits per heavy atom. The first-order valence-electron chi connectivity index (χ1n) is 6.88. The van der Waals surface area contributed by atoms with Gasteiger partial charge in [-0.05, 0) is 6.92 Å². The SMILES string of the molecule is CCOC(=O)C1=C(C(F)(F)F)Nc2cc(C(F)(F)F)oc(=O)c2C1C.